The van der Waals surface area contributed by atoms with Crippen molar-refractivity contribution in [1.29, 1.82) is 0 Å². The van der Waals surface area contributed by atoms with Gasteiger partial charge in [-0.05, 0) is 20.2 Å². The lowest BCUT2D eigenvalue weighted by atomic mass is 10.2. The van der Waals surface area contributed by atoms with Gasteiger partial charge >= 0.3 is 5.97 Å². The summed E-state index contributed by atoms with van der Waals surface area (Å²) in [7, 11) is 5.37. The molecule has 0 aromatic carbocycles. The molecule has 5 nitrogen and oxygen atoms in total. The summed E-state index contributed by atoms with van der Waals surface area (Å²) < 4.78 is 9.68. The molecule has 0 aliphatic heterocycles. The van der Waals surface area contributed by atoms with Gasteiger partial charge in [0.05, 0.1) is 13.4 Å². The van der Waals surface area contributed by atoms with Crippen molar-refractivity contribution in [3.63, 3.8) is 0 Å². The third-order valence-electron chi connectivity index (χ3n) is 2.17. The van der Waals surface area contributed by atoms with Crippen molar-refractivity contribution in [2.75, 3.05) is 34.3 Å². The second-order valence-electron chi connectivity index (χ2n) is 3.75. The number of nitrogens with zero attached hydrogens (tertiary/aromatic N) is 1. The van der Waals surface area contributed by atoms with Gasteiger partial charge < -0.3 is 19.4 Å². The molecule has 1 rings (SSSR count). The van der Waals surface area contributed by atoms with Crippen LogP contribution in [0.5, 0.6) is 0 Å². The number of carbonyl (C=O) groups is 1. The van der Waals surface area contributed by atoms with Crippen molar-refractivity contribution in [3.05, 3.63) is 23.7 Å². The Kier molecular flexibility index (Phi) is 5.01. The van der Waals surface area contributed by atoms with Crippen LogP contribution in [0.15, 0.2) is 16.7 Å². The zero-order valence-electron chi connectivity index (χ0n) is 9.95. The summed E-state index contributed by atoms with van der Waals surface area (Å²) in [4.78, 5) is 13.4. The third-order valence-corrected chi connectivity index (χ3v) is 2.17. The molecule has 0 amide bonds. The molecule has 0 aliphatic carbocycles. The van der Waals surface area contributed by atoms with E-state index in [0.717, 1.165) is 18.7 Å². The summed E-state index contributed by atoms with van der Waals surface area (Å²) in [5.41, 5.74) is 0.825. The maximum atomic E-state index is 11.3. The van der Waals surface area contributed by atoms with Crippen LogP contribution in [-0.2, 0) is 11.3 Å². The fourth-order valence-electron chi connectivity index (χ4n) is 1.27. The number of methoxy groups -OCH3 is 1. The maximum absolute atomic E-state index is 11.3. The van der Waals surface area contributed by atoms with Gasteiger partial charge in [0.25, 0.3) is 0 Å². The Morgan fingerprint density at radius 3 is 2.94 bits per heavy atom. The molecule has 16 heavy (non-hydrogen) atoms. The summed E-state index contributed by atoms with van der Waals surface area (Å²) in [6.07, 6.45) is 1.50. The lowest BCUT2D eigenvalue weighted by Gasteiger charge is -2.09. The second kappa shape index (κ2) is 6.30. The van der Waals surface area contributed by atoms with Crippen molar-refractivity contribution < 1.29 is 13.9 Å². The Labute approximate surface area is 95.4 Å². The molecular formula is C11H18N2O3. The average Bonchev–Trinajstić information content (AvgIpc) is 2.71. The quantitative estimate of drug-likeness (QED) is 0.572. The highest BCUT2D eigenvalue weighted by atomic mass is 16.5. The fraction of sp³-hybridized carbons (Fsp3) is 0.545. The summed E-state index contributed by atoms with van der Waals surface area (Å²) in [6, 6.07) is 1.77. The molecule has 0 unspecified atom stereocenters. The Morgan fingerprint density at radius 1 is 1.56 bits per heavy atom. The van der Waals surface area contributed by atoms with Crippen molar-refractivity contribution in [2.24, 2.45) is 0 Å². The molecule has 1 aromatic heterocycles. The molecule has 0 radical (unpaired) electrons. The van der Waals surface area contributed by atoms with Gasteiger partial charge in [-0.25, -0.2) is 4.79 Å². The molecule has 0 atom stereocenters. The predicted octanol–water partition coefficient (Wildman–Crippen LogP) is 0.717. The SMILES string of the molecule is COC(=O)c1occc1CNCCN(C)C. The summed E-state index contributed by atoms with van der Waals surface area (Å²) >= 11 is 0. The standard InChI is InChI=1S/C11H18N2O3/c1-13(2)6-5-12-8-9-4-7-16-10(9)11(14)15-3/h4,7,12H,5-6,8H2,1-3H3. The molecule has 1 aromatic rings. The van der Waals surface area contributed by atoms with Gasteiger partial charge in [0, 0.05) is 25.2 Å². The minimum Gasteiger partial charge on any atom is -0.463 e. The zero-order chi connectivity index (χ0) is 12.0. The number of likely N-dealkylation sites (N-methyl/N-ethyl adjacent to an activating group) is 1. The first kappa shape index (κ1) is 12.7. The molecule has 5 heteroatoms. The summed E-state index contributed by atoms with van der Waals surface area (Å²) in [5.74, 6) is -0.158. The van der Waals surface area contributed by atoms with Gasteiger partial charge in [0.2, 0.25) is 5.76 Å². The summed E-state index contributed by atoms with van der Waals surface area (Å²) in [6.45, 7) is 2.42. The first-order valence-electron chi connectivity index (χ1n) is 5.15. The van der Waals surface area contributed by atoms with Crippen LogP contribution in [0.1, 0.15) is 16.1 Å². The van der Waals surface area contributed by atoms with E-state index in [1.54, 1.807) is 6.07 Å². The lowest BCUT2D eigenvalue weighted by molar-refractivity contribution is 0.0563. The zero-order valence-corrected chi connectivity index (χ0v) is 9.95. The van der Waals surface area contributed by atoms with Crippen molar-refractivity contribution in [2.45, 2.75) is 6.54 Å². The van der Waals surface area contributed by atoms with Crippen molar-refractivity contribution in [3.8, 4) is 0 Å². The molecular weight excluding hydrogens is 208 g/mol. The topological polar surface area (TPSA) is 54.7 Å². The van der Waals surface area contributed by atoms with Crippen LogP contribution in [-0.4, -0.2) is 45.2 Å². The number of carbonyl (C=O) groups excluding carboxylic acids is 1. The first-order chi connectivity index (χ1) is 7.65. The molecule has 0 spiro atoms. The fourth-order valence-corrected chi connectivity index (χ4v) is 1.27. The normalized spacial score (nSPS) is 10.8. The number of furan rings is 1. The molecule has 0 saturated heterocycles. The highest BCUT2D eigenvalue weighted by Crippen LogP contribution is 2.11. The van der Waals surface area contributed by atoms with E-state index in [1.165, 1.54) is 13.4 Å². The highest BCUT2D eigenvalue weighted by Gasteiger charge is 2.14. The van der Waals surface area contributed by atoms with E-state index in [1.807, 2.05) is 14.1 Å². The van der Waals surface area contributed by atoms with Gasteiger partial charge in [-0.1, -0.05) is 0 Å². The van der Waals surface area contributed by atoms with Gasteiger partial charge in [-0.15, -0.1) is 0 Å². The van der Waals surface area contributed by atoms with Crippen molar-refractivity contribution >= 4 is 5.97 Å². The Balaban J connectivity index is 2.42. The highest BCUT2D eigenvalue weighted by molar-refractivity contribution is 5.87. The Bertz CT molecular complexity index is 334. The maximum Gasteiger partial charge on any atom is 0.374 e. The van der Waals surface area contributed by atoms with Gasteiger partial charge in [-0.2, -0.15) is 0 Å². The Morgan fingerprint density at radius 2 is 2.31 bits per heavy atom. The Hall–Kier alpha value is -1.33. The van der Waals surface area contributed by atoms with E-state index in [4.69, 9.17) is 4.42 Å². The molecule has 0 saturated carbocycles. The van der Waals surface area contributed by atoms with Crippen LogP contribution >= 0.6 is 0 Å². The van der Waals surface area contributed by atoms with Crippen LogP contribution < -0.4 is 5.32 Å². The molecule has 1 N–H and O–H groups in total. The van der Waals surface area contributed by atoms with Crippen LogP contribution in [0.3, 0.4) is 0 Å². The lowest BCUT2D eigenvalue weighted by Crippen LogP contribution is -2.26. The molecule has 0 fully saturated rings. The monoisotopic (exact) mass is 226 g/mol. The number of esters is 1. The number of hydrogen-bond donors (Lipinski definition) is 1. The number of hydrogen-bond acceptors (Lipinski definition) is 5. The minimum absolute atomic E-state index is 0.278. The molecule has 90 valence electrons. The number of rotatable bonds is 6. The minimum atomic E-state index is -0.436. The van der Waals surface area contributed by atoms with Crippen LogP contribution in [0.4, 0.5) is 0 Å². The first-order valence-corrected chi connectivity index (χ1v) is 5.15. The van der Waals surface area contributed by atoms with E-state index < -0.39 is 5.97 Å². The smallest absolute Gasteiger partial charge is 0.374 e. The van der Waals surface area contributed by atoms with E-state index in [-0.39, 0.29) is 5.76 Å². The average molecular weight is 226 g/mol. The largest absolute Gasteiger partial charge is 0.463 e. The molecule has 1 heterocycles. The van der Waals surface area contributed by atoms with Crippen LogP contribution in [0.2, 0.25) is 0 Å². The van der Waals surface area contributed by atoms with E-state index in [9.17, 15) is 4.79 Å². The third kappa shape index (κ3) is 3.67. The van der Waals surface area contributed by atoms with Gasteiger partial charge in [0.1, 0.15) is 0 Å². The van der Waals surface area contributed by atoms with E-state index in [2.05, 4.69) is 15.0 Å². The van der Waals surface area contributed by atoms with Gasteiger partial charge in [-0.3, -0.25) is 0 Å². The van der Waals surface area contributed by atoms with Crippen LogP contribution in [0.25, 0.3) is 0 Å². The number of nitrogens with one attached hydrogen (secondary N) is 1. The molecule has 0 aliphatic rings. The van der Waals surface area contributed by atoms with Crippen LogP contribution in [0, 0.1) is 0 Å². The van der Waals surface area contributed by atoms with E-state index in [0.29, 0.717) is 6.54 Å². The van der Waals surface area contributed by atoms with Crippen molar-refractivity contribution in [1.82, 2.24) is 10.2 Å². The predicted molar refractivity (Wildman–Crippen MR) is 60.3 cm³/mol. The van der Waals surface area contributed by atoms with E-state index >= 15 is 0 Å². The van der Waals surface area contributed by atoms with Gasteiger partial charge in [0.15, 0.2) is 0 Å². The molecule has 0 bridgehead atoms. The number of ether oxygens (including phenoxy) is 1. The summed E-state index contributed by atoms with van der Waals surface area (Å²) in [5, 5.41) is 3.23. The second-order valence-corrected chi connectivity index (χ2v) is 3.75.